The third-order valence-corrected chi connectivity index (χ3v) is 11.7. The molecule has 0 amide bonds. The fraction of sp³-hybridized carbons (Fsp3) is 0.500. The molecule has 0 saturated carbocycles. The highest BCUT2D eigenvalue weighted by molar-refractivity contribution is 8.14. The molecule has 172 valence electrons. The molecule has 0 aliphatic carbocycles. The molecular weight excluding hydrogens is 481 g/mol. The summed E-state index contributed by atoms with van der Waals surface area (Å²) in [5, 5.41) is 7.10. The SMILES string of the molecule is CN(c1cccc2c1NC(C1=NCC(CCN3CCSCC3)S1)C2)S(=O)(=O)c1cccs1. The molecule has 0 radical (unpaired) electrons. The van der Waals surface area contributed by atoms with Crippen LogP contribution in [0.5, 0.6) is 0 Å². The quantitative estimate of drug-likeness (QED) is 0.613. The second kappa shape index (κ2) is 9.58. The largest absolute Gasteiger partial charge is 0.374 e. The van der Waals surface area contributed by atoms with Crippen LogP contribution in [0.15, 0.2) is 44.9 Å². The third-order valence-electron chi connectivity index (χ3n) is 6.23. The zero-order chi connectivity index (χ0) is 22.1. The Bertz CT molecular complexity index is 1080. The van der Waals surface area contributed by atoms with Crippen molar-refractivity contribution in [1.82, 2.24) is 4.90 Å². The standard InChI is InChI=1S/C22H28N4O2S4/c1-25(32(27,28)20-6-3-11-30-20)19-5-2-4-16-14-18(24-21(16)19)22-23-15-17(31-22)7-8-26-9-12-29-13-10-26/h2-6,11,17-18,24H,7-10,12-15H2,1H3. The lowest BCUT2D eigenvalue weighted by molar-refractivity contribution is 0.298. The Balaban J connectivity index is 1.24. The molecular formula is C22H28N4O2S4. The fourth-order valence-electron chi connectivity index (χ4n) is 4.39. The van der Waals surface area contributed by atoms with Crippen LogP contribution < -0.4 is 9.62 Å². The van der Waals surface area contributed by atoms with Gasteiger partial charge in [0, 0.05) is 43.3 Å². The maximum Gasteiger partial charge on any atom is 0.273 e. The summed E-state index contributed by atoms with van der Waals surface area (Å²) in [7, 11) is -1.93. The Labute approximate surface area is 202 Å². The molecule has 2 atom stereocenters. The number of anilines is 2. The monoisotopic (exact) mass is 508 g/mol. The minimum absolute atomic E-state index is 0.130. The Morgan fingerprint density at radius 3 is 2.84 bits per heavy atom. The molecule has 0 spiro atoms. The lowest BCUT2D eigenvalue weighted by Gasteiger charge is -2.26. The summed E-state index contributed by atoms with van der Waals surface area (Å²) >= 11 is 5.21. The number of aliphatic imine (C=N–C) groups is 1. The number of rotatable bonds is 7. The van der Waals surface area contributed by atoms with Gasteiger partial charge in [-0.2, -0.15) is 11.8 Å². The molecule has 1 aromatic carbocycles. The van der Waals surface area contributed by atoms with E-state index < -0.39 is 10.0 Å². The number of nitrogens with one attached hydrogen (secondary N) is 1. The summed E-state index contributed by atoms with van der Waals surface area (Å²) in [5.74, 6) is 2.51. The van der Waals surface area contributed by atoms with Crippen molar-refractivity contribution in [3.05, 3.63) is 41.3 Å². The zero-order valence-electron chi connectivity index (χ0n) is 18.1. The molecule has 4 heterocycles. The minimum Gasteiger partial charge on any atom is -0.374 e. The Kier molecular flexibility index (Phi) is 6.76. The van der Waals surface area contributed by atoms with Gasteiger partial charge in [0.05, 0.1) is 29.0 Å². The van der Waals surface area contributed by atoms with Crippen molar-refractivity contribution in [3.63, 3.8) is 0 Å². The number of hydrogen-bond donors (Lipinski definition) is 1. The van der Waals surface area contributed by atoms with E-state index in [1.165, 1.54) is 46.7 Å². The lowest BCUT2D eigenvalue weighted by Crippen LogP contribution is -2.34. The molecule has 1 saturated heterocycles. The number of sulfonamides is 1. The number of benzene rings is 1. The van der Waals surface area contributed by atoms with Gasteiger partial charge < -0.3 is 10.2 Å². The minimum atomic E-state index is -3.56. The lowest BCUT2D eigenvalue weighted by atomic mass is 10.1. The van der Waals surface area contributed by atoms with Crippen LogP contribution in [-0.2, 0) is 16.4 Å². The Hall–Kier alpha value is -1.20. The van der Waals surface area contributed by atoms with E-state index in [9.17, 15) is 8.42 Å². The number of hydrogen-bond acceptors (Lipinski definition) is 8. The summed E-state index contributed by atoms with van der Waals surface area (Å²) < 4.78 is 27.9. The van der Waals surface area contributed by atoms with E-state index in [0.29, 0.717) is 15.1 Å². The van der Waals surface area contributed by atoms with E-state index >= 15 is 0 Å². The number of thiophene rings is 1. The second-order valence-electron chi connectivity index (χ2n) is 8.28. The first-order valence-electron chi connectivity index (χ1n) is 10.9. The summed E-state index contributed by atoms with van der Waals surface area (Å²) in [5.41, 5.74) is 2.76. The highest BCUT2D eigenvalue weighted by Crippen LogP contribution is 2.40. The van der Waals surface area contributed by atoms with Crippen LogP contribution in [0, 0.1) is 0 Å². The summed E-state index contributed by atoms with van der Waals surface area (Å²) in [4.78, 5) is 7.45. The predicted molar refractivity (Wildman–Crippen MR) is 140 cm³/mol. The van der Waals surface area contributed by atoms with Crippen LogP contribution in [0.1, 0.15) is 12.0 Å². The average Bonchev–Trinajstić information content (AvgIpc) is 3.57. The van der Waals surface area contributed by atoms with Gasteiger partial charge in [0.25, 0.3) is 10.0 Å². The number of thioether (sulfide) groups is 2. The number of fused-ring (bicyclic) bond motifs is 1. The van der Waals surface area contributed by atoms with Gasteiger partial charge in [-0.3, -0.25) is 9.30 Å². The van der Waals surface area contributed by atoms with Gasteiger partial charge in [-0.25, -0.2) is 8.42 Å². The molecule has 1 aromatic heterocycles. The van der Waals surface area contributed by atoms with E-state index in [1.807, 2.05) is 23.9 Å². The van der Waals surface area contributed by atoms with Crippen LogP contribution in [0.3, 0.4) is 0 Å². The maximum absolute atomic E-state index is 13.1. The summed E-state index contributed by atoms with van der Waals surface area (Å²) in [6.07, 6.45) is 2.02. The smallest absolute Gasteiger partial charge is 0.273 e. The van der Waals surface area contributed by atoms with Crippen molar-refractivity contribution in [1.29, 1.82) is 0 Å². The normalized spacial score (nSPS) is 23.6. The van der Waals surface area contributed by atoms with Gasteiger partial charge in [-0.05, 0) is 36.0 Å². The van der Waals surface area contributed by atoms with Gasteiger partial charge >= 0.3 is 0 Å². The van der Waals surface area contributed by atoms with Crippen LogP contribution >= 0.6 is 34.9 Å². The molecule has 3 aliphatic heterocycles. The second-order valence-corrected chi connectivity index (χ2v) is 14.0. The van der Waals surface area contributed by atoms with Gasteiger partial charge in [0.1, 0.15) is 4.21 Å². The predicted octanol–water partition coefficient (Wildman–Crippen LogP) is 3.86. The van der Waals surface area contributed by atoms with Crippen molar-refractivity contribution in [2.45, 2.75) is 28.3 Å². The first kappa shape index (κ1) is 22.6. The van der Waals surface area contributed by atoms with Gasteiger partial charge in [0.2, 0.25) is 0 Å². The van der Waals surface area contributed by atoms with E-state index in [-0.39, 0.29) is 6.04 Å². The molecule has 1 fully saturated rings. The van der Waals surface area contributed by atoms with E-state index in [1.54, 1.807) is 24.6 Å². The van der Waals surface area contributed by atoms with Crippen molar-refractivity contribution in [3.8, 4) is 0 Å². The molecule has 32 heavy (non-hydrogen) atoms. The first-order chi connectivity index (χ1) is 15.5. The topological polar surface area (TPSA) is 65.0 Å². The molecule has 2 aromatic rings. The van der Waals surface area contributed by atoms with Crippen LogP contribution in [0.2, 0.25) is 0 Å². The molecule has 3 aliphatic rings. The fourth-order valence-corrected chi connectivity index (χ4v) is 8.90. The molecule has 0 bridgehead atoms. The van der Waals surface area contributed by atoms with Crippen molar-refractivity contribution < 1.29 is 8.42 Å². The van der Waals surface area contributed by atoms with Crippen molar-refractivity contribution in [2.75, 3.05) is 54.4 Å². The molecule has 2 unspecified atom stereocenters. The molecule has 6 nitrogen and oxygen atoms in total. The van der Waals surface area contributed by atoms with Gasteiger partial charge in [0.15, 0.2) is 0 Å². The Morgan fingerprint density at radius 1 is 1.22 bits per heavy atom. The van der Waals surface area contributed by atoms with Gasteiger partial charge in [-0.1, -0.05) is 18.2 Å². The van der Waals surface area contributed by atoms with Crippen LogP contribution in [0.25, 0.3) is 0 Å². The van der Waals surface area contributed by atoms with Crippen LogP contribution in [-0.4, -0.2) is 74.4 Å². The van der Waals surface area contributed by atoms with E-state index in [2.05, 4.69) is 28.0 Å². The third kappa shape index (κ3) is 4.57. The van der Waals surface area contributed by atoms with E-state index in [0.717, 1.165) is 35.8 Å². The number of para-hydroxylation sites is 1. The number of nitrogens with zero attached hydrogens (tertiary/aromatic N) is 3. The zero-order valence-corrected chi connectivity index (χ0v) is 21.3. The van der Waals surface area contributed by atoms with Crippen molar-refractivity contribution in [2.24, 2.45) is 4.99 Å². The summed E-state index contributed by atoms with van der Waals surface area (Å²) in [6, 6.07) is 9.47. The van der Waals surface area contributed by atoms with Crippen LogP contribution in [0.4, 0.5) is 11.4 Å². The maximum atomic E-state index is 13.1. The highest BCUT2D eigenvalue weighted by atomic mass is 32.2. The molecule has 10 heteroatoms. The summed E-state index contributed by atoms with van der Waals surface area (Å²) in [6.45, 7) is 4.46. The molecule has 5 rings (SSSR count). The average molecular weight is 509 g/mol. The molecule has 1 N–H and O–H groups in total. The van der Waals surface area contributed by atoms with E-state index in [4.69, 9.17) is 4.99 Å². The van der Waals surface area contributed by atoms with Gasteiger partial charge in [-0.15, -0.1) is 23.1 Å². The first-order valence-corrected chi connectivity index (χ1v) is 15.3. The van der Waals surface area contributed by atoms with Crippen molar-refractivity contribution >= 4 is 61.3 Å². The Morgan fingerprint density at radius 2 is 2.06 bits per heavy atom. The highest BCUT2D eigenvalue weighted by Gasteiger charge is 2.34.